The van der Waals surface area contributed by atoms with E-state index in [-0.39, 0.29) is 0 Å². The molecular formula is C7H15F3O2Si. The molecular weight excluding hydrogens is 201 g/mol. The van der Waals surface area contributed by atoms with E-state index in [1.54, 1.807) is 6.92 Å². The zero-order valence-electron chi connectivity index (χ0n) is 8.07. The molecule has 0 N–H and O–H groups in total. The molecule has 13 heavy (non-hydrogen) atoms. The van der Waals surface area contributed by atoms with E-state index in [0.717, 1.165) is 0 Å². The fourth-order valence-corrected chi connectivity index (χ4v) is 3.54. The fraction of sp³-hybridized carbons (Fsp3) is 1.00. The summed E-state index contributed by atoms with van der Waals surface area (Å²) in [6.45, 7) is 3.48. The Morgan fingerprint density at radius 3 is 2.00 bits per heavy atom. The molecule has 0 saturated carbocycles. The first-order chi connectivity index (χ1) is 5.89. The lowest BCUT2D eigenvalue weighted by Gasteiger charge is -2.28. The third kappa shape index (κ3) is 4.63. The Bertz CT molecular complexity index is 145. The largest absolute Gasteiger partial charge is 0.514 e. The monoisotopic (exact) mass is 216 g/mol. The van der Waals surface area contributed by atoms with Crippen molar-refractivity contribution in [1.82, 2.24) is 0 Å². The molecule has 2 nitrogen and oxygen atoms in total. The lowest BCUT2D eigenvalue weighted by molar-refractivity contribution is -0.288. The lowest BCUT2D eigenvalue weighted by Crippen LogP contribution is -2.44. The quantitative estimate of drug-likeness (QED) is 0.658. The molecule has 0 fully saturated rings. The van der Waals surface area contributed by atoms with Gasteiger partial charge < -0.3 is 8.85 Å². The Morgan fingerprint density at radius 1 is 1.23 bits per heavy atom. The molecule has 0 aromatic rings. The second kappa shape index (κ2) is 4.97. The van der Waals surface area contributed by atoms with Gasteiger partial charge in [0.05, 0.1) is 0 Å². The van der Waals surface area contributed by atoms with E-state index in [1.807, 2.05) is 6.92 Å². The predicted molar refractivity (Wildman–Crippen MR) is 45.5 cm³/mol. The number of alkyl halides is 3. The van der Waals surface area contributed by atoms with E-state index >= 15 is 0 Å². The molecule has 0 radical (unpaired) electrons. The number of rotatable bonds is 5. The third-order valence-electron chi connectivity index (χ3n) is 1.84. The molecule has 1 unspecified atom stereocenters. The van der Waals surface area contributed by atoms with Gasteiger partial charge in [0, 0.05) is 7.11 Å². The van der Waals surface area contributed by atoms with Crippen molar-refractivity contribution in [2.45, 2.75) is 38.7 Å². The minimum atomic E-state index is -4.58. The van der Waals surface area contributed by atoms with Crippen molar-refractivity contribution < 1.29 is 22.0 Å². The van der Waals surface area contributed by atoms with Crippen molar-refractivity contribution in [3.63, 3.8) is 0 Å². The van der Waals surface area contributed by atoms with Gasteiger partial charge in [-0.25, -0.2) is 0 Å². The van der Waals surface area contributed by atoms with Crippen LogP contribution in [0.15, 0.2) is 0 Å². The smallest absolute Gasteiger partial charge is 0.397 e. The summed E-state index contributed by atoms with van der Waals surface area (Å²) >= 11 is 0. The molecule has 0 rings (SSSR count). The number of hydrogen-bond acceptors (Lipinski definition) is 2. The summed E-state index contributed by atoms with van der Waals surface area (Å²) in [6.07, 6.45) is -3.93. The molecule has 0 aromatic heterocycles. The Kier molecular flexibility index (Phi) is 4.94. The van der Waals surface area contributed by atoms with Gasteiger partial charge in [-0.2, -0.15) is 0 Å². The Morgan fingerprint density at radius 2 is 1.77 bits per heavy atom. The van der Waals surface area contributed by atoms with Gasteiger partial charge in [0.1, 0.15) is 0 Å². The van der Waals surface area contributed by atoms with Gasteiger partial charge >= 0.3 is 14.9 Å². The van der Waals surface area contributed by atoms with Crippen LogP contribution in [0.2, 0.25) is 12.1 Å². The molecule has 0 aliphatic heterocycles. The highest BCUT2D eigenvalue weighted by molar-refractivity contribution is 6.67. The van der Waals surface area contributed by atoms with Crippen LogP contribution in [-0.4, -0.2) is 22.0 Å². The average Bonchev–Trinajstić information content (AvgIpc) is 2.01. The van der Waals surface area contributed by atoms with Crippen LogP contribution in [0.25, 0.3) is 0 Å². The van der Waals surface area contributed by atoms with Gasteiger partial charge in [-0.1, -0.05) is 20.3 Å². The molecule has 0 aliphatic rings. The zero-order valence-corrected chi connectivity index (χ0v) is 9.07. The minimum absolute atomic E-state index is 0.316. The SMILES string of the molecule is CCC[Si](CC)(OC)OC(F)(F)F. The highest BCUT2D eigenvalue weighted by Crippen LogP contribution is 2.29. The maximum Gasteiger partial charge on any atom is 0.514 e. The first-order valence-corrected chi connectivity index (χ1v) is 6.44. The molecule has 0 aliphatic carbocycles. The van der Waals surface area contributed by atoms with Gasteiger partial charge in [0.2, 0.25) is 0 Å². The highest BCUT2D eigenvalue weighted by atomic mass is 28.4. The third-order valence-corrected chi connectivity index (χ3v) is 5.53. The van der Waals surface area contributed by atoms with Crippen molar-refractivity contribution in [3.05, 3.63) is 0 Å². The van der Waals surface area contributed by atoms with Crippen molar-refractivity contribution in [1.29, 1.82) is 0 Å². The minimum Gasteiger partial charge on any atom is -0.397 e. The molecule has 1 atom stereocenters. The van der Waals surface area contributed by atoms with Crippen molar-refractivity contribution in [3.8, 4) is 0 Å². The zero-order chi connectivity index (χ0) is 10.5. The standard InChI is InChI=1S/C7H15F3O2Si/c1-4-6-13(5-2,11-3)12-7(8,9)10/h4-6H2,1-3H3. The summed E-state index contributed by atoms with van der Waals surface area (Å²) in [5, 5.41) is 0. The maximum absolute atomic E-state index is 12.0. The first-order valence-electron chi connectivity index (χ1n) is 4.21. The van der Waals surface area contributed by atoms with Crippen LogP contribution in [-0.2, 0) is 8.85 Å². The summed E-state index contributed by atoms with van der Waals surface area (Å²) in [6, 6.07) is 0.691. The predicted octanol–water partition coefficient (Wildman–Crippen LogP) is 3.04. The average molecular weight is 216 g/mol. The van der Waals surface area contributed by atoms with Gasteiger partial charge in [0.15, 0.2) is 0 Å². The fourth-order valence-electron chi connectivity index (χ4n) is 1.18. The van der Waals surface area contributed by atoms with E-state index in [9.17, 15) is 13.2 Å². The van der Waals surface area contributed by atoms with Gasteiger partial charge in [0.25, 0.3) is 0 Å². The van der Waals surface area contributed by atoms with E-state index < -0.39 is 14.9 Å². The van der Waals surface area contributed by atoms with Gasteiger partial charge in [-0.15, -0.1) is 13.2 Å². The second-order valence-corrected chi connectivity index (χ2v) is 6.41. The van der Waals surface area contributed by atoms with Crippen LogP contribution in [0.4, 0.5) is 13.2 Å². The number of hydrogen-bond donors (Lipinski definition) is 0. The van der Waals surface area contributed by atoms with Crippen LogP contribution < -0.4 is 0 Å². The molecule has 0 bridgehead atoms. The van der Waals surface area contributed by atoms with E-state index in [4.69, 9.17) is 4.43 Å². The van der Waals surface area contributed by atoms with Crippen molar-refractivity contribution in [2.75, 3.05) is 7.11 Å². The van der Waals surface area contributed by atoms with Crippen LogP contribution in [0, 0.1) is 0 Å². The molecule has 0 spiro atoms. The Balaban J connectivity index is 4.38. The maximum atomic E-state index is 12.0. The number of halogens is 3. The van der Waals surface area contributed by atoms with Crippen LogP contribution in [0.1, 0.15) is 20.3 Å². The van der Waals surface area contributed by atoms with Crippen molar-refractivity contribution in [2.24, 2.45) is 0 Å². The second-order valence-electron chi connectivity index (χ2n) is 2.77. The summed E-state index contributed by atoms with van der Waals surface area (Å²) in [7, 11) is -1.72. The molecule has 0 amide bonds. The van der Waals surface area contributed by atoms with Gasteiger partial charge in [-0.05, 0) is 12.1 Å². The van der Waals surface area contributed by atoms with Gasteiger partial charge in [-0.3, -0.25) is 0 Å². The molecule has 6 heteroatoms. The molecule has 80 valence electrons. The summed E-state index contributed by atoms with van der Waals surface area (Å²) in [5.74, 6) is 0. The lowest BCUT2D eigenvalue weighted by atomic mass is 10.6. The Hall–Kier alpha value is -0.0731. The van der Waals surface area contributed by atoms with Crippen LogP contribution >= 0.6 is 0 Å². The van der Waals surface area contributed by atoms with Crippen LogP contribution in [0.3, 0.4) is 0 Å². The normalized spacial score (nSPS) is 17.1. The first kappa shape index (κ1) is 12.9. The van der Waals surface area contributed by atoms with E-state index in [0.29, 0.717) is 18.5 Å². The molecule has 0 aromatic carbocycles. The highest BCUT2D eigenvalue weighted by Gasteiger charge is 2.45. The van der Waals surface area contributed by atoms with Crippen LogP contribution in [0.5, 0.6) is 0 Å². The molecule has 0 saturated heterocycles. The Labute approximate surface area is 77.3 Å². The summed E-state index contributed by atoms with van der Waals surface area (Å²) in [4.78, 5) is 0. The topological polar surface area (TPSA) is 18.5 Å². The summed E-state index contributed by atoms with van der Waals surface area (Å²) < 4.78 is 44.9. The van der Waals surface area contributed by atoms with E-state index in [2.05, 4.69) is 4.43 Å². The van der Waals surface area contributed by atoms with E-state index in [1.165, 1.54) is 7.11 Å². The molecule has 0 heterocycles. The van der Waals surface area contributed by atoms with Crippen molar-refractivity contribution >= 4 is 8.56 Å². The summed E-state index contributed by atoms with van der Waals surface area (Å²) in [5.41, 5.74) is 0.